The third-order valence-corrected chi connectivity index (χ3v) is 10.6. The number of allylic oxidation sites excluding steroid dienone is 13. The summed E-state index contributed by atoms with van der Waals surface area (Å²) in [5.41, 5.74) is 0. The lowest BCUT2D eigenvalue weighted by atomic mass is 10.0. The molecule has 3 N–H and O–H groups in total. The number of hydrogen-bond donors (Lipinski definition) is 3. The first kappa shape index (κ1) is 54.6. The van der Waals surface area contributed by atoms with E-state index >= 15 is 0 Å². The molecule has 0 saturated heterocycles. The highest BCUT2D eigenvalue weighted by molar-refractivity contribution is 5.76. The number of nitrogens with one attached hydrogen (secondary N) is 1. The van der Waals surface area contributed by atoms with Gasteiger partial charge in [0, 0.05) is 6.42 Å². The van der Waals surface area contributed by atoms with E-state index in [4.69, 9.17) is 0 Å². The highest BCUT2D eigenvalue weighted by atomic mass is 16.3. The Kier molecular flexibility index (Phi) is 45.9. The minimum atomic E-state index is -0.892. The van der Waals surface area contributed by atoms with Crippen LogP contribution in [0.1, 0.15) is 226 Å². The van der Waals surface area contributed by atoms with Gasteiger partial charge in [-0.15, -0.1) is 0 Å². The Balaban J connectivity index is 3.63. The van der Waals surface area contributed by atoms with Crippen molar-refractivity contribution in [2.45, 2.75) is 238 Å². The molecule has 2 unspecified atom stereocenters. The lowest BCUT2D eigenvalue weighted by molar-refractivity contribution is -0.123. The van der Waals surface area contributed by atoms with Crippen LogP contribution in [0.4, 0.5) is 0 Å². The van der Waals surface area contributed by atoms with Crippen molar-refractivity contribution in [3.05, 3.63) is 85.1 Å². The molecule has 0 rings (SSSR count). The molecule has 57 heavy (non-hydrogen) atoms. The SMILES string of the molecule is CC/C=C\C/C=C\C/C=C\C/C=C\CCCCC(=O)NC(CO)C(O)/C=C/CC/C=C/CC/C=C/CCCCCCCCCCCCCCCCCCCCCC. The molecule has 4 nitrogen and oxygen atoms in total. The number of rotatable bonds is 43. The van der Waals surface area contributed by atoms with E-state index in [0.29, 0.717) is 6.42 Å². The number of aliphatic hydroxyl groups is 2. The molecular formula is C53H93NO3. The van der Waals surface area contributed by atoms with Crippen molar-refractivity contribution in [1.29, 1.82) is 0 Å². The minimum absolute atomic E-state index is 0.121. The van der Waals surface area contributed by atoms with Crippen LogP contribution in [0.15, 0.2) is 85.1 Å². The fourth-order valence-electron chi connectivity index (χ4n) is 6.91. The van der Waals surface area contributed by atoms with Crippen molar-refractivity contribution in [2.24, 2.45) is 0 Å². The number of aliphatic hydroxyl groups excluding tert-OH is 2. The number of carbonyl (C=O) groups excluding carboxylic acids is 1. The van der Waals surface area contributed by atoms with E-state index < -0.39 is 12.1 Å². The normalized spacial score (nSPS) is 13.7. The van der Waals surface area contributed by atoms with Gasteiger partial charge in [0.05, 0.1) is 18.8 Å². The van der Waals surface area contributed by atoms with Crippen LogP contribution in [0.3, 0.4) is 0 Å². The monoisotopic (exact) mass is 792 g/mol. The summed E-state index contributed by atoms with van der Waals surface area (Å²) in [5.74, 6) is -0.121. The molecule has 0 radical (unpaired) electrons. The quantitative estimate of drug-likeness (QED) is 0.0425. The van der Waals surface area contributed by atoms with Gasteiger partial charge in [-0.1, -0.05) is 221 Å². The van der Waals surface area contributed by atoms with Crippen LogP contribution < -0.4 is 5.32 Å². The van der Waals surface area contributed by atoms with Crippen molar-refractivity contribution in [2.75, 3.05) is 6.61 Å². The lowest BCUT2D eigenvalue weighted by Gasteiger charge is -2.19. The van der Waals surface area contributed by atoms with Crippen LogP contribution in [0.5, 0.6) is 0 Å². The van der Waals surface area contributed by atoms with Gasteiger partial charge in [-0.05, 0) is 83.5 Å². The zero-order chi connectivity index (χ0) is 41.4. The third-order valence-electron chi connectivity index (χ3n) is 10.6. The molecule has 4 heteroatoms. The summed E-state index contributed by atoms with van der Waals surface area (Å²) >= 11 is 0. The molecule has 0 aromatic carbocycles. The fraction of sp³-hybridized carbons (Fsp3) is 0.717. The third kappa shape index (κ3) is 44.5. The number of amides is 1. The Bertz CT molecular complexity index is 1030. The van der Waals surface area contributed by atoms with Crippen molar-refractivity contribution >= 4 is 5.91 Å². The van der Waals surface area contributed by atoms with Crippen LogP contribution in [0, 0.1) is 0 Å². The fourth-order valence-corrected chi connectivity index (χ4v) is 6.91. The molecule has 0 heterocycles. The van der Waals surface area contributed by atoms with Crippen molar-refractivity contribution < 1.29 is 15.0 Å². The van der Waals surface area contributed by atoms with E-state index in [9.17, 15) is 15.0 Å². The molecule has 0 aliphatic heterocycles. The van der Waals surface area contributed by atoms with Gasteiger partial charge >= 0.3 is 0 Å². The van der Waals surface area contributed by atoms with Gasteiger partial charge in [-0.2, -0.15) is 0 Å². The summed E-state index contributed by atoms with van der Waals surface area (Å²) in [6, 6.07) is -0.672. The summed E-state index contributed by atoms with van der Waals surface area (Å²) in [7, 11) is 0. The van der Waals surface area contributed by atoms with Gasteiger partial charge in [-0.3, -0.25) is 4.79 Å². The highest BCUT2D eigenvalue weighted by Gasteiger charge is 2.17. The molecule has 328 valence electrons. The van der Waals surface area contributed by atoms with Gasteiger partial charge in [-0.25, -0.2) is 0 Å². The predicted molar refractivity (Wildman–Crippen MR) is 253 cm³/mol. The average Bonchev–Trinajstić information content (AvgIpc) is 3.22. The maximum Gasteiger partial charge on any atom is 0.220 e. The smallest absolute Gasteiger partial charge is 0.220 e. The maximum atomic E-state index is 12.4. The maximum absolute atomic E-state index is 12.4. The largest absolute Gasteiger partial charge is 0.394 e. The van der Waals surface area contributed by atoms with Crippen LogP contribution in [-0.2, 0) is 4.79 Å². The van der Waals surface area contributed by atoms with Gasteiger partial charge in [0.2, 0.25) is 5.91 Å². The first-order chi connectivity index (χ1) is 28.2. The Morgan fingerprint density at radius 3 is 1.23 bits per heavy atom. The first-order valence-corrected chi connectivity index (χ1v) is 24.3. The van der Waals surface area contributed by atoms with Gasteiger partial charge < -0.3 is 15.5 Å². The van der Waals surface area contributed by atoms with Crippen LogP contribution >= 0.6 is 0 Å². The second-order valence-electron chi connectivity index (χ2n) is 16.1. The zero-order valence-corrected chi connectivity index (χ0v) is 37.6. The van der Waals surface area contributed by atoms with Crippen LogP contribution in [0.2, 0.25) is 0 Å². The summed E-state index contributed by atoms with van der Waals surface area (Å²) in [5, 5.41) is 23.0. The van der Waals surface area contributed by atoms with E-state index in [1.54, 1.807) is 6.08 Å². The molecule has 2 atom stereocenters. The Morgan fingerprint density at radius 2 is 0.789 bits per heavy atom. The number of carbonyl (C=O) groups is 1. The summed E-state index contributed by atoms with van der Waals surface area (Å²) in [6.45, 7) is 4.16. The average molecular weight is 792 g/mol. The van der Waals surface area contributed by atoms with E-state index in [1.165, 1.54) is 135 Å². The molecule has 0 saturated carbocycles. The van der Waals surface area contributed by atoms with Crippen LogP contribution in [0.25, 0.3) is 0 Å². The first-order valence-electron chi connectivity index (χ1n) is 24.3. The van der Waals surface area contributed by atoms with Crippen molar-refractivity contribution in [3.63, 3.8) is 0 Å². The number of hydrogen-bond acceptors (Lipinski definition) is 3. The molecule has 0 spiro atoms. The molecule has 0 aromatic rings. The van der Waals surface area contributed by atoms with E-state index in [1.807, 2.05) is 6.08 Å². The molecule has 0 bridgehead atoms. The predicted octanol–water partition coefficient (Wildman–Crippen LogP) is 15.6. The highest BCUT2D eigenvalue weighted by Crippen LogP contribution is 2.15. The topological polar surface area (TPSA) is 69.6 Å². The van der Waals surface area contributed by atoms with Crippen molar-refractivity contribution in [3.8, 4) is 0 Å². The van der Waals surface area contributed by atoms with Gasteiger partial charge in [0.15, 0.2) is 0 Å². The molecule has 0 aliphatic rings. The molecule has 0 aliphatic carbocycles. The standard InChI is InChI=1S/C53H93NO3/c1-3-5-7-9-11-13-15-17-19-20-21-22-23-24-25-26-27-28-29-30-31-32-33-35-36-38-40-42-44-46-48-52(56)51(50-55)54-53(57)49-47-45-43-41-39-37-34-18-16-14-12-10-8-6-4-2/h6,8,12,14,18,32-34,38-41,46,48,51-52,55-56H,3-5,7,9-11,13,15-17,19-31,35-37,42-45,47,49-50H2,1-2H3,(H,54,57)/b8-6-,14-12-,33-32+,34-18-,40-38+,41-39-,48-46+. The molecule has 1 amide bonds. The van der Waals surface area contributed by atoms with E-state index in [0.717, 1.165) is 70.6 Å². The summed E-state index contributed by atoms with van der Waals surface area (Å²) < 4.78 is 0. The van der Waals surface area contributed by atoms with E-state index in [-0.39, 0.29) is 12.5 Å². The molecule has 0 aromatic heterocycles. The summed E-state index contributed by atoms with van der Waals surface area (Å²) in [6.07, 6.45) is 70.1. The van der Waals surface area contributed by atoms with E-state index in [2.05, 4.69) is 92.1 Å². The summed E-state index contributed by atoms with van der Waals surface area (Å²) in [4.78, 5) is 12.4. The minimum Gasteiger partial charge on any atom is -0.394 e. The lowest BCUT2D eigenvalue weighted by Crippen LogP contribution is -2.45. The Morgan fingerprint density at radius 1 is 0.439 bits per heavy atom. The second kappa shape index (κ2) is 47.9. The van der Waals surface area contributed by atoms with Gasteiger partial charge in [0.25, 0.3) is 0 Å². The Hall–Kier alpha value is -2.43. The van der Waals surface area contributed by atoms with Crippen LogP contribution in [-0.4, -0.2) is 34.9 Å². The Labute approximate surface area is 354 Å². The molecule has 0 fully saturated rings. The molecular weight excluding hydrogens is 699 g/mol. The second-order valence-corrected chi connectivity index (χ2v) is 16.1. The van der Waals surface area contributed by atoms with Gasteiger partial charge in [0.1, 0.15) is 0 Å². The number of unbranched alkanes of at least 4 members (excludes halogenated alkanes) is 24. The van der Waals surface area contributed by atoms with Crippen molar-refractivity contribution in [1.82, 2.24) is 5.32 Å². The zero-order valence-electron chi connectivity index (χ0n) is 37.6.